The SMILES string of the molecule is COc1ccc2c(c1)nc(-c1cc(I)ccc1N)n2C. The van der Waals surface area contributed by atoms with Crippen molar-refractivity contribution in [2.24, 2.45) is 7.05 Å². The number of hydrogen-bond donors (Lipinski definition) is 1. The van der Waals surface area contributed by atoms with Crippen molar-refractivity contribution in [3.8, 4) is 17.1 Å². The second-order valence-electron chi connectivity index (χ2n) is 4.58. The maximum absolute atomic E-state index is 6.09. The molecule has 5 heteroatoms. The maximum atomic E-state index is 6.09. The number of hydrogen-bond acceptors (Lipinski definition) is 3. The minimum absolute atomic E-state index is 0.732. The molecule has 0 aliphatic rings. The van der Waals surface area contributed by atoms with E-state index in [4.69, 9.17) is 15.5 Å². The predicted octanol–water partition coefficient (Wildman–Crippen LogP) is 3.44. The monoisotopic (exact) mass is 379 g/mol. The predicted molar refractivity (Wildman–Crippen MR) is 89.8 cm³/mol. The summed E-state index contributed by atoms with van der Waals surface area (Å²) in [6, 6.07) is 11.8. The van der Waals surface area contributed by atoms with Gasteiger partial charge in [0.25, 0.3) is 0 Å². The van der Waals surface area contributed by atoms with Crippen LogP contribution < -0.4 is 10.5 Å². The summed E-state index contributed by atoms with van der Waals surface area (Å²) in [5.74, 6) is 1.67. The molecular formula is C15H14IN3O. The average Bonchev–Trinajstić information content (AvgIpc) is 2.78. The summed E-state index contributed by atoms with van der Waals surface area (Å²) in [5, 5.41) is 0. The molecule has 0 saturated heterocycles. The van der Waals surface area contributed by atoms with E-state index in [1.165, 1.54) is 0 Å². The lowest BCUT2D eigenvalue weighted by atomic mass is 10.2. The molecule has 0 aliphatic carbocycles. The Kier molecular flexibility index (Phi) is 3.29. The molecule has 2 N–H and O–H groups in total. The number of nitrogen functional groups attached to an aromatic ring is 1. The lowest BCUT2D eigenvalue weighted by molar-refractivity contribution is 0.415. The summed E-state index contributed by atoms with van der Waals surface area (Å²) in [5.41, 5.74) is 9.73. The number of anilines is 1. The first-order chi connectivity index (χ1) is 9.60. The smallest absolute Gasteiger partial charge is 0.142 e. The van der Waals surface area contributed by atoms with Crippen molar-refractivity contribution in [2.45, 2.75) is 0 Å². The van der Waals surface area contributed by atoms with Crippen LogP contribution in [0.5, 0.6) is 5.75 Å². The third-order valence-electron chi connectivity index (χ3n) is 3.34. The fourth-order valence-electron chi connectivity index (χ4n) is 2.27. The molecule has 3 rings (SSSR count). The van der Waals surface area contributed by atoms with Gasteiger partial charge in [0.1, 0.15) is 11.6 Å². The van der Waals surface area contributed by atoms with E-state index in [0.29, 0.717) is 0 Å². The Balaban J connectivity index is 2.26. The lowest BCUT2D eigenvalue weighted by Crippen LogP contribution is -1.97. The molecule has 0 bridgehead atoms. The van der Waals surface area contributed by atoms with E-state index in [1.807, 2.05) is 43.4 Å². The largest absolute Gasteiger partial charge is 0.497 e. The quantitative estimate of drug-likeness (QED) is 0.548. The van der Waals surface area contributed by atoms with Crippen molar-refractivity contribution < 1.29 is 4.74 Å². The van der Waals surface area contributed by atoms with Crippen LogP contribution in [0.3, 0.4) is 0 Å². The number of methoxy groups -OCH3 is 1. The van der Waals surface area contributed by atoms with Gasteiger partial charge in [-0.2, -0.15) is 0 Å². The zero-order valence-corrected chi connectivity index (χ0v) is 13.4. The van der Waals surface area contributed by atoms with Crippen LogP contribution in [0.4, 0.5) is 5.69 Å². The minimum Gasteiger partial charge on any atom is -0.497 e. The van der Waals surface area contributed by atoms with E-state index in [0.717, 1.165) is 37.4 Å². The molecule has 4 nitrogen and oxygen atoms in total. The fraction of sp³-hybridized carbons (Fsp3) is 0.133. The van der Waals surface area contributed by atoms with Crippen LogP contribution in [-0.2, 0) is 7.05 Å². The highest BCUT2D eigenvalue weighted by atomic mass is 127. The lowest BCUT2D eigenvalue weighted by Gasteiger charge is -2.06. The molecule has 0 aliphatic heterocycles. The van der Waals surface area contributed by atoms with Crippen molar-refractivity contribution in [3.05, 3.63) is 40.0 Å². The molecule has 0 amide bonds. The van der Waals surface area contributed by atoms with Crippen molar-refractivity contribution in [3.63, 3.8) is 0 Å². The van der Waals surface area contributed by atoms with Crippen LogP contribution in [0.2, 0.25) is 0 Å². The summed E-state index contributed by atoms with van der Waals surface area (Å²) in [6.45, 7) is 0. The van der Waals surface area contributed by atoms with Crippen LogP contribution in [-0.4, -0.2) is 16.7 Å². The van der Waals surface area contributed by atoms with E-state index in [2.05, 4.69) is 27.2 Å². The van der Waals surface area contributed by atoms with Crippen molar-refractivity contribution >= 4 is 39.3 Å². The van der Waals surface area contributed by atoms with Crippen LogP contribution in [0, 0.1) is 3.57 Å². The average molecular weight is 379 g/mol. The Labute approximate surface area is 130 Å². The number of aryl methyl sites for hydroxylation is 1. The molecule has 102 valence electrons. The zero-order chi connectivity index (χ0) is 14.3. The normalized spacial score (nSPS) is 10.9. The minimum atomic E-state index is 0.732. The van der Waals surface area contributed by atoms with Gasteiger partial charge in [0.05, 0.1) is 18.1 Å². The zero-order valence-electron chi connectivity index (χ0n) is 11.2. The van der Waals surface area contributed by atoms with Gasteiger partial charge >= 0.3 is 0 Å². The number of imidazole rings is 1. The molecule has 2 aromatic carbocycles. The number of nitrogens with zero attached hydrogens (tertiary/aromatic N) is 2. The van der Waals surface area contributed by atoms with Crippen molar-refractivity contribution in [1.82, 2.24) is 9.55 Å². The standard InChI is InChI=1S/C15H14IN3O/c1-19-14-6-4-10(20-2)8-13(14)18-15(19)11-7-9(16)3-5-12(11)17/h3-8H,17H2,1-2H3. The van der Waals surface area contributed by atoms with E-state index < -0.39 is 0 Å². The molecule has 0 spiro atoms. The number of rotatable bonds is 2. The Morgan fingerprint density at radius 2 is 2.00 bits per heavy atom. The van der Waals surface area contributed by atoms with Gasteiger partial charge in [-0.15, -0.1) is 0 Å². The number of ether oxygens (including phenoxy) is 1. The highest BCUT2D eigenvalue weighted by Crippen LogP contribution is 2.30. The van der Waals surface area contributed by atoms with Crippen LogP contribution in [0.1, 0.15) is 0 Å². The van der Waals surface area contributed by atoms with Gasteiger partial charge < -0.3 is 15.0 Å². The summed E-state index contributed by atoms with van der Waals surface area (Å²) < 4.78 is 8.43. The summed E-state index contributed by atoms with van der Waals surface area (Å²) in [7, 11) is 3.65. The number of fused-ring (bicyclic) bond motifs is 1. The van der Waals surface area contributed by atoms with E-state index in [-0.39, 0.29) is 0 Å². The first-order valence-electron chi connectivity index (χ1n) is 6.16. The molecule has 0 unspecified atom stereocenters. The number of benzene rings is 2. The van der Waals surface area contributed by atoms with Crippen molar-refractivity contribution in [1.29, 1.82) is 0 Å². The first-order valence-corrected chi connectivity index (χ1v) is 7.24. The second-order valence-corrected chi connectivity index (χ2v) is 5.83. The van der Waals surface area contributed by atoms with Crippen LogP contribution >= 0.6 is 22.6 Å². The maximum Gasteiger partial charge on any atom is 0.142 e. The molecule has 20 heavy (non-hydrogen) atoms. The molecule has 0 fully saturated rings. The Hall–Kier alpha value is -1.76. The summed E-state index contributed by atoms with van der Waals surface area (Å²) in [6.07, 6.45) is 0. The molecule has 0 saturated carbocycles. The topological polar surface area (TPSA) is 53.1 Å². The second kappa shape index (κ2) is 4.97. The third-order valence-corrected chi connectivity index (χ3v) is 4.02. The summed E-state index contributed by atoms with van der Waals surface area (Å²) >= 11 is 2.28. The summed E-state index contributed by atoms with van der Waals surface area (Å²) in [4.78, 5) is 4.69. The van der Waals surface area contributed by atoms with Crippen LogP contribution in [0.25, 0.3) is 22.4 Å². The highest BCUT2D eigenvalue weighted by molar-refractivity contribution is 14.1. The van der Waals surface area contributed by atoms with Gasteiger partial charge in [0.15, 0.2) is 0 Å². The Morgan fingerprint density at radius 3 is 2.75 bits per heavy atom. The van der Waals surface area contributed by atoms with E-state index in [9.17, 15) is 0 Å². The van der Waals surface area contributed by atoms with Gasteiger partial charge in [0, 0.05) is 27.9 Å². The third kappa shape index (κ3) is 2.11. The first kappa shape index (κ1) is 13.2. The van der Waals surface area contributed by atoms with Gasteiger partial charge in [-0.1, -0.05) is 0 Å². The van der Waals surface area contributed by atoms with Crippen molar-refractivity contribution in [2.75, 3.05) is 12.8 Å². The molecule has 1 heterocycles. The van der Waals surface area contributed by atoms with Gasteiger partial charge in [-0.25, -0.2) is 4.98 Å². The Bertz CT molecular complexity index is 795. The van der Waals surface area contributed by atoms with E-state index >= 15 is 0 Å². The molecule has 1 aromatic heterocycles. The molecule has 0 atom stereocenters. The van der Waals surface area contributed by atoms with E-state index in [1.54, 1.807) is 7.11 Å². The van der Waals surface area contributed by atoms with Crippen LogP contribution in [0.15, 0.2) is 36.4 Å². The fourth-order valence-corrected chi connectivity index (χ4v) is 2.76. The Morgan fingerprint density at radius 1 is 1.20 bits per heavy atom. The van der Waals surface area contributed by atoms with Gasteiger partial charge in [-0.3, -0.25) is 0 Å². The van der Waals surface area contributed by atoms with Gasteiger partial charge in [0.2, 0.25) is 0 Å². The van der Waals surface area contributed by atoms with Gasteiger partial charge in [-0.05, 0) is 52.9 Å². The molecular weight excluding hydrogens is 365 g/mol. The molecule has 0 radical (unpaired) electrons. The number of aromatic nitrogens is 2. The number of nitrogens with two attached hydrogens (primary N) is 1. The highest BCUT2D eigenvalue weighted by Gasteiger charge is 2.13. The number of halogens is 1. The molecule has 3 aromatic rings.